The lowest BCUT2D eigenvalue weighted by atomic mass is 10.4. The van der Waals surface area contributed by atoms with Gasteiger partial charge in [-0.05, 0) is 38.6 Å². The van der Waals surface area contributed by atoms with Gasteiger partial charge in [0.1, 0.15) is 0 Å². The second-order valence-electron chi connectivity index (χ2n) is 2.99. The predicted molar refractivity (Wildman–Crippen MR) is 59.0 cm³/mol. The molecule has 0 amide bonds. The van der Waals surface area contributed by atoms with Crippen LogP contribution >= 0.6 is 11.8 Å². The summed E-state index contributed by atoms with van der Waals surface area (Å²) in [6, 6.07) is 0. The van der Waals surface area contributed by atoms with Crippen molar-refractivity contribution in [2.24, 2.45) is 0 Å². The monoisotopic (exact) mass is 190 g/mol. The minimum Gasteiger partial charge on any atom is -0.315 e. The maximum atomic E-state index is 3.43. The fourth-order valence-corrected chi connectivity index (χ4v) is 1.33. The summed E-state index contributed by atoms with van der Waals surface area (Å²) in [5.41, 5.74) is 0. The number of rotatable bonds is 8. The van der Waals surface area contributed by atoms with Gasteiger partial charge in [-0.15, -0.1) is 0 Å². The predicted octanol–water partition coefficient (Wildman–Crippen LogP) is 1.28. The van der Waals surface area contributed by atoms with Crippen molar-refractivity contribution in [2.75, 3.05) is 45.2 Å². The van der Waals surface area contributed by atoms with Gasteiger partial charge in [0.15, 0.2) is 0 Å². The van der Waals surface area contributed by atoms with Gasteiger partial charge in [-0.25, -0.2) is 0 Å². The molecule has 0 saturated heterocycles. The number of nitrogens with one attached hydrogen (secondary N) is 1. The van der Waals surface area contributed by atoms with Crippen LogP contribution in [-0.4, -0.2) is 50.1 Å². The van der Waals surface area contributed by atoms with Crippen molar-refractivity contribution in [1.82, 2.24) is 10.2 Å². The number of likely N-dealkylation sites (N-methyl/N-ethyl adjacent to an activating group) is 1. The molecule has 0 rings (SSSR count). The third-order valence-electron chi connectivity index (χ3n) is 1.91. The molecule has 0 radical (unpaired) electrons. The molecule has 0 aliphatic rings. The van der Waals surface area contributed by atoms with E-state index in [9.17, 15) is 0 Å². The van der Waals surface area contributed by atoms with Crippen LogP contribution in [-0.2, 0) is 0 Å². The van der Waals surface area contributed by atoms with Gasteiger partial charge in [-0.3, -0.25) is 0 Å². The average Bonchev–Trinajstić information content (AvgIpc) is 2.10. The molecule has 0 heterocycles. The summed E-state index contributed by atoms with van der Waals surface area (Å²) in [4.78, 5) is 2.32. The van der Waals surface area contributed by atoms with Crippen LogP contribution in [0.3, 0.4) is 0 Å². The van der Waals surface area contributed by atoms with Crippen LogP contribution in [0.25, 0.3) is 0 Å². The van der Waals surface area contributed by atoms with Gasteiger partial charge in [0.25, 0.3) is 0 Å². The maximum absolute atomic E-state index is 3.43. The summed E-state index contributed by atoms with van der Waals surface area (Å²) in [5, 5.41) is 3.43. The summed E-state index contributed by atoms with van der Waals surface area (Å²) < 4.78 is 0. The van der Waals surface area contributed by atoms with Crippen molar-refractivity contribution < 1.29 is 0 Å². The Morgan fingerprint density at radius 2 is 2.08 bits per heavy atom. The van der Waals surface area contributed by atoms with Crippen LogP contribution in [0.4, 0.5) is 0 Å². The first kappa shape index (κ1) is 12.3. The molecule has 0 saturated carbocycles. The lowest BCUT2D eigenvalue weighted by molar-refractivity contribution is 0.349. The Balaban J connectivity index is 2.90. The van der Waals surface area contributed by atoms with E-state index >= 15 is 0 Å². The van der Waals surface area contributed by atoms with Gasteiger partial charge < -0.3 is 10.2 Å². The third-order valence-corrected chi connectivity index (χ3v) is 2.61. The van der Waals surface area contributed by atoms with E-state index < -0.39 is 0 Å². The van der Waals surface area contributed by atoms with E-state index in [-0.39, 0.29) is 0 Å². The Bertz CT molecular complexity index is 88.6. The lowest BCUT2D eigenvalue weighted by Crippen LogP contribution is -2.29. The quantitative estimate of drug-likeness (QED) is 0.581. The molecule has 0 bridgehead atoms. The molecule has 1 N–H and O–H groups in total. The van der Waals surface area contributed by atoms with Gasteiger partial charge in [0.2, 0.25) is 0 Å². The highest BCUT2D eigenvalue weighted by molar-refractivity contribution is 7.98. The molecule has 2 nitrogen and oxygen atoms in total. The zero-order chi connectivity index (χ0) is 9.23. The van der Waals surface area contributed by atoms with Crippen molar-refractivity contribution in [3.8, 4) is 0 Å². The minimum absolute atomic E-state index is 1.12. The molecule has 0 aliphatic carbocycles. The van der Waals surface area contributed by atoms with Crippen molar-refractivity contribution in [3.05, 3.63) is 0 Å². The molecule has 0 atom stereocenters. The summed E-state index contributed by atoms with van der Waals surface area (Å²) in [5.74, 6) is 1.27. The standard InChI is InChI=1S/C9H22N2S/c1-4-11(2)8-7-10-6-5-9-12-3/h10H,4-9H2,1-3H3. The summed E-state index contributed by atoms with van der Waals surface area (Å²) in [7, 11) is 2.16. The fraction of sp³-hybridized carbons (Fsp3) is 1.00. The smallest absolute Gasteiger partial charge is 0.0104 e. The molecule has 0 unspecified atom stereocenters. The van der Waals surface area contributed by atoms with Crippen LogP contribution < -0.4 is 5.32 Å². The van der Waals surface area contributed by atoms with Gasteiger partial charge in [0.05, 0.1) is 0 Å². The Labute approximate surface area is 81.1 Å². The first-order chi connectivity index (χ1) is 5.81. The summed E-state index contributed by atoms with van der Waals surface area (Å²) in [6.07, 6.45) is 3.45. The van der Waals surface area contributed by atoms with Crippen LogP contribution in [0.5, 0.6) is 0 Å². The van der Waals surface area contributed by atoms with Gasteiger partial charge in [-0.2, -0.15) is 11.8 Å². The van der Waals surface area contributed by atoms with E-state index in [0.717, 1.165) is 19.6 Å². The number of hydrogen-bond acceptors (Lipinski definition) is 3. The molecule has 0 aliphatic heterocycles. The average molecular weight is 190 g/mol. The first-order valence-electron chi connectivity index (χ1n) is 4.69. The van der Waals surface area contributed by atoms with Crippen LogP contribution in [0.2, 0.25) is 0 Å². The normalized spacial score (nSPS) is 11.0. The SMILES string of the molecule is CCN(C)CCNCCCSC. The lowest BCUT2D eigenvalue weighted by Gasteiger charge is -2.13. The van der Waals surface area contributed by atoms with Crippen molar-refractivity contribution in [2.45, 2.75) is 13.3 Å². The van der Waals surface area contributed by atoms with Crippen molar-refractivity contribution in [3.63, 3.8) is 0 Å². The molecule has 0 aromatic carbocycles. The number of hydrogen-bond donors (Lipinski definition) is 1. The topological polar surface area (TPSA) is 15.3 Å². The Kier molecular flexibility index (Phi) is 9.57. The fourth-order valence-electron chi connectivity index (χ4n) is 0.895. The second-order valence-corrected chi connectivity index (χ2v) is 3.98. The van der Waals surface area contributed by atoms with Crippen LogP contribution in [0.15, 0.2) is 0 Å². The number of nitrogens with zero attached hydrogens (tertiary/aromatic N) is 1. The van der Waals surface area contributed by atoms with Crippen molar-refractivity contribution in [1.29, 1.82) is 0 Å². The van der Waals surface area contributed by atoms with E-state index in [0.29, 0.717) is 0 Å². The Morgan fingerprint density at radius 1 is 1.33 bits per heavy atom. The molecule has 12 heavy (non-hydrogen) atoms. The van der Waals surface area contributed by atoms with E-state index in [2.05, 4.69) is 30.4 Å². The Hall–Kier alpha value is 0.270. The highest BCUT2D eigenvalue weighted by Gasteiger charge is 1.92. The van der Waals surface area contributed by atoms with E-state index in [1.165, 1.54) is 18.7 Å². The molecule has 74 valence electrons. The van der Waals surface area contributed by atoms with E-state index in [1.54, 1.807) is 0 Å². The molecule has 0 fully saturated rings. The largest absolute Gasteiger partial charge is 0.315 e. The summed E-state index contributed by atoms with van der Waals surface area (Å²) >= 11 is 1.92. The minimum atomic E-state index is 1.12. The third kappa shape index (κ3) is 8.37. The van der Waals surface area contributed by atoms with Crippen LogP contribution in [0, 0.1) is 0 Å². The summed E-state index contributed by atoms with van der Waals surface area (Å²) in [6.45, 7) is 6.78. The molecule has 0 aromatic heterocycles. The van der Waals surface area contributed by atoms with Crippen LogP contribution in [0.1, 0.15) is 13.3 Å². The Morgan fingerprint density at radius 3 is 2.67 bits per heavy atom. The van der Waals surface area contributed by atoms with Gasteiger partial charge >= 0.3 is 0 Å². The first-order valence-corrected chi connectivity index (χ1v) is 6.08. The molecule has 0 spiro atoms. The van der Waals surface area contributed by atoms with Crippen molar-refractivity contribution >= 4 is 11.8 Å². The maximum Gasteiger partial charge on any atom is 0.0104 e. The highest BCUT2D eigenvalue weighted by atomic mass is 32.2. The molecule has 0 aromatic rings. The zero-order valence-electron chi connectivity index (χ0n) is 8.60. The number of thioether (sulfide) groups is 1. The molecular weight excluding hydrogens is 168 g/mol. The van der Waals surface area contributed by atoms with E-state index in [1.807, 2.05) is 11.8 Å². The van der Waals surface area contributed by atoms with Gasteiger partial charge in [-0.1, -0.05) is 6.92 Å². The van der Waals surface area contributed by atoms with Gasteiger partial charge in [0, 0.05) is 13.1 Å². The molecule has 3 heteroatoms. The highest BCUT2D eigenvalue weighted by Crippen LogP contribution is 1.92. The second kappa shape index (κ2) is 9.36. The zero-order valence-corrected chi connectivity index (χ0v) is 9.41. The van der Waals surface area contributed by atoms with E-state index in [4.69, 9.17) is 0 Å². The molecular formula is C9H22N2S.